The molecule has 0 bridgehead atoms. The third-order valence-corrected chi connectivity index (χ3v) is 6.30. The molecule has 0 aromatic heterocycles. The first-order valence-corrected chi connectivity index (χ1v) is 11.9. The van der Waals surface area contributed by atoms with Gasteiger partial charge in [0.1, 0.15) is 0 Å². The van der Waals surface area contributed by atoms with Gasteiger partial charge in [0, 0.05) is 12.5 Å². The van der Waals surface area contributed by atoms with Gasteiger partial charge in [-0.25, -0.2) is 0 Å². The molecule has 0 spiro atoms. The van der Waals surface area contributed by atoms with Crippen molar-refractivity contribution in [1.82, 2.24) is 0 Å². The molecule has 1 nitrogen and oxygen atoms in total. The SMILES string of the molecule is CCCCCCCCOC1C(CCC(C)CCCC(C)C)=CC=C(C)C1C. The average molecular weight is 377 g/mol. The number of allylic oxidation sites excluding steroid dienone is 2. The smallest absolute Gasteiger partial charge is 0.0850 e. The van der Waals surface area contributed by atoms with Crippen LogP contribution >= 0.6 is 0 Å². The van der Waals surface area contributed by atoms with Crippen LogP contribution in [0.3, 0.4) is 0 Å². The largest absolute Gasteiger partial charge is 0.373 e. The first kappa shape index (κ1) is 24.5. The minimum absolute atomic E-state index is 0.313. The second-order valence-electron chi connectivity index (χ2n) is 9.47. The summed E-state index contributed by atoms with van der Waals surface area (Å²) in [5, 5.41) is 0. The molecule has 0 heterocycles. The summed E-state index contributed by atoms with van der Waals surface area (Å²) in [5.74, 6) is 2.19. The molecule has 1 rings (SSSR count). The zero-order chi connectivity index (χ0) is 20.1. The number of ether oxygens (including phenoxy) is 1. The Labute approximate surface area is 171 Å². The number of rotatable bonds is 15. The van der Waals surface area contributed by atoms with Gasteiger partial charge in [0.25, 0.3) is 0 Å². The van der Waals surface area contributed by atoms with E-state index >= 15 is 0 Å². The summed E-state index contributed by atoms with van der Waals surface area (Å²) in [4.78, 5) is 0. The van der Waals surface area contributed by atoms with Gasteiger partial charge in [0.15, 0.2) is 0 Å². The monoisotopic (exact) mass is 376 g/mol. The van der Waals surface area contributed by atoms with Crippen LogP contribution < -0.4 is 0 Å². The van der Waals surface area contributed by atoms with E-state index in [1.165, 1.54) is 81.8 Å². The van der Waals surface area contributed by atoms with Crippen LogP contribution in [-0.4, -0.2) is 12.7 Å². The van der Waals surface area contributed by atoms with Crippen LogP contribution in [0.4, 0.5) is 0 Å². The Morgan fingerprint density at radius 2 is 1.59 bits per heavy atom. The van der Waals surface area contributed by atoms with Crippen molar-refractivity contribution in [3.63, 3.8) is 0 Å². The predicted octanol–water partition coefficient (Wildman–Crippen LogP) is 8.50. The zero-order valence-electron chi connectivity index (χ0n) is 19.4. The Bertz CT molecular complexity index is 431. The van der Waals surface area contributed by atoms with Gasteiger partial charge in [-0.3, -0.25) is 0 Å². The number of hydrogen-bond donors (Lipinski definition) is 0. The average Bonchev–Trinajstić information content (AvgIpc) is 2.63. The van der Waals surface area contributed by atoms with Crippen molar-refractivity contribution in [2.45, 2.75) is 118 Å². The van der Waals surface area contributed by atoms with E-state index in [4.69, 9.17) is 4.74 Å². The zero-order valence-corrected chi connectivity index (χ0v) is 19.4. The van der Waals surface area contributed by atoms with Crippen LogP contribution in [0.2, 0.25) is 0 Å². The molecule has 0 radical (unpaired) electrons. The highest BCUT2D eigenvalue weighted by atomic mass is 16.5. The Hall–Kier alpha value is -0.560. The molecule has 0 saturated heterocycles. The summed E-state index contributed by atoms with van der Waals surface area (Å²) < 4.78 is 6.42. The summed E-state index contributed by atoms with van der Waals surface area (Å²) in [7, 11) is 0. The Morgan fingerprint density at radius 3 is 2.30 bits per heavy atom. The van der Waals surface area contributed by atoms with Gasteiger partial charge in [0.2, 0.25) is 0 Å². The van der Waals surface area contributed by atoms with Gasteiger partial charge in [-0.15, -0.1) is 0 Å². The first-order chi connectivity index (χ1) is 13.0. The molecule has 1 heteroatoms. The van der Waals surface area contributed by atoms with E-state index in [0.29, 0.717) is 12.0 Å². The minimum atomic E-state index is 0.313. The van der Waals surface area contributed by atoms with Crippen molar-refractivity contribution in [3.8, 4) is 0 Å². The summed E-state index contributed by atoms with van der Waals surface area (Å²) >= 11 is 0. The highest BCUT2D eigenvalue weighted by Gasteiger charge is 2.26. The lowest BCUT2D eigenvalue weighted by Crippen LogP contribution is -2.28. The summed E-state index contributed by atoms with van der Waals surface area (Å²) in [6.07, 6.45) is 19.6. The molecule has 0 aliphatic heterocycles. The fourth-order valence-electron chi connectivity index (χ4n) is 4.05. The van der Waals surface area contributed by atoms with Crippen LogP contribution in [0.25, 0.3) is 0 Å². The molecule has 1 aliphatic rings. The van der Waals surface area contributed by atoms with Gasteiger partial charge in [-0.1, -0.05) is 104 Å². The van der Waals surface area contributed by atoms with E-state index in [2.05, 4.69) is 53.7 Å². The van der Waals surface area contributed by atoms with Crippen LogP contribution in [-0.2, 0) is 4.74 Å². The summed E-state index contributed by atoms with van der Waals surface area (Å²) in [6.45, 7) is 14.9. The molecule has 0 N–H and O–H groups in total. The van der Waals surface area contributed by atoms with Crippen molar-refractivity contribution in [3.05, 3.63) is 23.3 Å². The molecule has 158 valence electrons. The lowest BCUT2D eigenvalue weighted by atomic mass is 9.83. The molecule has 0 aromatic carbocycles. The number of unbranched alkanes of at least 4 members (excludes halogenated alkanes) is 5. The van der Waals surface area contributed by atoms with Crippen LogP contribution in [0.5, 0.6) is 0 Å². The van der Waals surface area contributed by atoms with Gasteiger partial charge in [-0.05, 0) is 43.6 Å². The maximum Gasteiger partial charge on any atom is 0.0850 e. The lowest BCUT2D eigenvalue weighted by molar-refractivity contribution is 0.0453. The molecule has 3 unspecified atom stereocenters. The second-order valence-corrected chi connectivity index (χ2v) is 9.47. The van der Waals surface area contributed by atoms with E-state index < -0.39 is 0 Å². The first-order valence-electron chi connectivity index (χ1n) is 11.9. The Balaban J connectivity index is 2.38. The molecule has 0 fully saturated rings. The molecule has 0 aromatic rings. The van der Waals surface area contributed by atoms with E-state index in [1.54, 1.807) is 0 Å². The van der Waals surface area contributed by atoms with Crippen molar-refractivity contribution >= 4 is 0 Å². The lowest BCUT2D eigenvalue weighted by Gasteiger charge is -2.31. The van der Waals surface area contributed by atoms with Gasteiger partial charge in [0.05, 0.1) is 6.10 Å². The van der Waals surface area contributed by atoms with E-state index in [0.717, 1.165) is 18.4 Å². The van der Waals surface area contributed by atoms with E-state index in [1.807, 2.05) is 0 Å². The van der Waals surface area contributed by atoms with Crippen LogP contribution in [0.1, 0.15) is 112 Å². The highest BCUT2D eigenvalue weighted by Crippen LogP contribution is 2.32. The van der Waals surface area contributed by atoms with Crippen molar-refractivity contribution in [2.75, 3.05) is 6.61 Å². The maximum atomic E-state index is 6.42. The predicted molar refractivity (Wildman–Crippen MR) is 121 cm³/mol. The van der Waals surface area contributed by atoms with E-state index in [9.17, 15) is 0 Å². The minimum Gasteiger partial charge on any atom is -0.373 e. The highest BCUT2D eigenvalue weighted by molar-refractivity contribution is 5.29. The third kappa shape index (κ3) is 10.5. The maximum absolute atomic E-state index is 6.42. The van der Waals surface area contributed by atoms with Gasteiger partial charge in [-0.2, -0.15) is 0 Å². The molecular formula is C26H48O. The Kier molecular flexibility index (Phi) is 13.1. The molecule has 27 heavy (non-hydrogen) atoms. The van der Waals surface area contributed by atoms with Crippen LogP contribution in [0, 0.1) is 17.8 Å². The van der Waals surface area contributed by atoms with Crippen LogP contribution in [0.15, 0.2) is 23.3 Å². The van der Waals surface area contributed by atoms with Gasteiger partial charge >= 0.3 is 0 Å². The summed E-state index contributed by atoms with van der Waals surface area (Å²) in [6, 6.07) is 0. The molecule has 0 saturated carbocycles. The van der Waals surface area contributed by atoms with E-state index in [-0.39, 0.29) is 0 Å². The molecule has 1 aliphatic carbocycles. The summed E-state index contributed by atoms with van der Waals surface area (Å²) in [5.41, 5.74) is 3.01. The molecule has 0 amide bonds. The fourth-order valence-corrected chi connectivity index (χ4v) is 4.05. The molecular weight excluding hydrogens is 328 g/mol. The fraction of sp³-hybridized carbons (Fsp3) is 0.846. The second kappa shape index (κ2) is 14.4. The van der Waals surface area contributed by atoms with Crippen molar-refractivity contribution < 1.29 is 4.74 Å². The topological polar surface area (TPSA) is 9.23 Å². The quantitative estimate of drug-likeness (QED) is 0.260. The molecule has 3 atom stereocenters. The van der Waals surface area contributed by atoms with Crippen molar-refractivity contribution in [2.24, 2.45) is 17.8 Å². The Morgan fingerprint density at radius 1 is 0.889 bits per heavy atom. The normalized spacial score (nSPS) is 21.3. The standard InChI is InChI=1S/C26H48O/c1-7-8-9-10-11-12-20-27-26-24(6)23(5)17-19-25(26)18-16-22(4)15-13-14-21(2)3/h17,19,21-22,24,26H,7-16,18,20H2,1-6H3. The number of hydrogen-bond acceptors (Lipinski definition) is 1. The third-order valence-electron chi connectivity index (χ3n) is 6.30. The van der Waals surface area contributed by atoms with Gasteiger partial charge < -0.3 is 4.74 Å². The van der Waals surface area contributed by atoms with Crippen molar-refractivity contribution in [1.29, 1.82) is 0 Å².